The average Bonchev–Trinajstić information content (AvgIpc) is 2.13. The summed E-state index contributed by atoms with van der Waals surface area (Å²) in [6.45, 7) is 6.53. The van der Waals surface area contributed by atoms with Crippen molar-refractivity contribution in [3.05, 3.63) is 29.8 Å². The van der Waals surface area contributed by atoms with E-state index in [2.05, 4.69) is 0 Å². The van der Waals surface area contributed by atoms with E-state index in [4.69, 9.17) is 10.5 Å². The SMILES string of the molecule is CN(CC(=O)OC(C)(C)C)Cc1cccc(N)c1. The van der Waals surface area contributed by atoms with Crippen LogP contribution in [0.4, 0.5) is 5.69 Å². The number of ether oxygens (including phenoxy) is 1. The molecule has 0 aliphatic heterocycles. The summed E-state index contributed by atoms with van der Waals surface area (Å²) in [6, 6.07) is 7.65. The quantitative estimate of drug-likeness (QED) is 0.656. The number of hydrogen-bond donors (Lipinski definition) is 1. The fraction of sp³-hybridized carbons (Fsp3) is 0.500. The summed E-state index contributed by atoms with van der Waals surface area (Å²) in [6.07, 6.45) is 0. The molecule has 0 unspecified atom stereocenters. The van der Waals surface area contributed by atoms with Crippen molar-refractivity contribution in [2.24, 2.45) is 0 Å². The van der Waals surface area contributed by atoms with Crippen LogP contribution in [0.5, 0.6) is 0 Å². The van der Waals surface area contributed by atoms with Crippen LogP contribution in [0.15, 0.2) is 24.3 Å². The van der Waals surface area contributed by atoms with E-state index in [9.17, 15) is 4.79 Å². The van der Waals surface area contributed by atoms with Crippen LogP contribution in [-0.4, -0.2) is 30.1 Å². The molecule has 4 heteroatoms. The fourth-order valence-corrected chi connectivity index (χ4v) is 1.65. The number of benzene rings is 1. The number of anilines is 1. The summed E-state index contributed by atoms with van der Waals surface area (Å²) in [4.78, 5) is 13.5. The minimum atomic E-state index is -0.435. The van der Waals surface area contributed by atoms with Gasteiger partial charge >= 0.3 is 5.97 Å². The number of esters is 1. The van der Waals surface area contributed by atoms with Gasteiger partial charge in [-0.1, -0.05) is 12.1 Å². The molecule has 0 atom stereocenters. The summed E-state index contributed by atoms with van der Waals surface area (Å²) in [7, 11) is 1.88. The Morgan fingerprint density at radius 1 is 1.39 bits per heavy atom. The maximum absolute atomic E-state index is 11.6. The van der Waals surface area contributed by atoms with Crippen LogP contribution < -0.4 is 5.73 Å². The lowest BCUT2D eigenvalue weighted by Crippen LogP contribution is -2.32. The molecule has 0 fully saturated rings. The molecule has 18 heavy (non-hydrogen) atoms. The van der Waals surface area contributed by atoms with E-state index in [0.29, 0.717) is 6.54 Å². The first-order chi connectivity index (χ1) is 8.26. The van der Waals surface area contributed by atoms with Crippen LogP contribution in [0.3, 0.4) is 0 Å². The highest BCUT2D eigenvalue weighted by molar-refractivity contribution is 5.72. The van der Waals surface area contributed by atoms with E-state index in [1.165, 1.54) is 0 Å². The molecular weight excluding hydrogens is 228 g/mol. The number of nitrogens with two attached hydrogens (primary N) is 1. The average molecular weight is 250 g/mol. The molecule has 0 heterocycles. The highest BCUT2D eigenvalue weighted by Gasteiger charge is 2.17. The van der Waals surface area contributed by atoms with Crippen LogP contribution in [0, 0.1) is 0 Å². The van der Waals surface area contributed by atoms with Gasteiger partial charge in [-0.05, 0) is 45.5 Å². The maximum atomic E-state index is 11.6. The molecule has 100 valence electrons. The predicted octanol–water partition coefficient (Wildman–Crippen LogP) is 2.04. The molecule has 0 radical (unpaired) electrons. The molecule has 0 aliphatic carbocycles. The normalized spacial score (nSPS) is 11.6. The minimum Gasteiger partial charge on any atom is -0.459 e. The van der Waals surface area contributed by atoms with Gasteiger partial charge in [0.2, 0.25) is 0 Å². The Labute approximate surface area is 109 Å². The van der Waals surface area contributed by atoms with Crippen molar-refractivity contribution in [1.29, 1.82) is 0 Å². The first-order valence-corrected chi connectivity index (χ1v) is 6.01. The number of carbonyl (C=O) groups excluding carboxylic acids is 1. The Balaban J connectivity index is 2.47. The third-order valence-corrected chi connectivity index (χ3v) is 2.22. The third kappa shape index (κ3) is 5.68. The molecule has 1 rings (SSSR count). The molecule has 0 bridgehead atoms. The molecule has 1 aromatic rings. The van der Waals surface area contributed by atoms with E-state index in [0.717, 1.165) is 11.3 Å². The minimum absolute atomic E-state index is 0.214. The summed E-state index contributed by atoms with van der Waals surface area (Å²) >= 11 is 0. The smallest absolute Gasteiger partial charge is 0.320 e. The molecule has 0 saturated heterocycles. The lowest BCUT2D eigenvalue weighted by atomic mass is 10.2. The second kappa shape index (κ2) is 5.87. The van der Waals surface area contributed by atoms with Gasteiger partial charge in [-0.25, -0.2) is 0 Å². The first-order valence-electron chi connectivity index (χ1n) is 6.01. The van der Waals surface area contributed by atoms with E-state index in [1.54, 1.807) is 0 Å². The van der Waals surface area contributed by atoms with Gasteiger partial charge in [-0.15, -0.1) is 0 Å². The standard InChI is InChI=1S/C14H22N2O2/c1-14(2,3)18-13(17)10-16(4)9-11-6-5-7-12(15)8-11/h5-8H,9-10,15H2,1-4H3. The van der Waals surface area contributed by atoms with E-state index in [-0.39, 0.29) is 12.5 Å². The van der Waals surface area contributed by atoms with Crippen LogP contribution in [-0.2, 0) is 16.1 Å². The third-order valence-electron chi connectivity index (χ3n) is 2.22. The highest BCUT2D eigenvalue weighted by atomic mass is 16.6. The van der Waals surface area contributed by atoms with Crippen molar-refractivity contribution in [3.63, 3.8) is 0 Å². The largest absolute Gasteiger partial charge is 0.459 e. The molecule has 2 N–H and O–H groups in total. The zero-order chi connectivity index (χ0) is 13.8. The molecule has 1 aromatic carbocycles. The van der Waals surface area contributed by atoms with E-state index in [1.807, 2.05) is 57.0 Å². The van der Waals surface area contributed by atoms with Gasteiger partial charge in [0.1, 0.15) is 5.60 Å². The van der Waals surface area contributed by atoms with Gasteiger partial charge in [-0.2, -0.15) is 0 Å². The van der Waals surface area contributed by atoms with Gasteiger partial charge in [0, 0.05) is 12.2 Å². The maximum Gasteiger partial charge on any atom is 0.320 e. The number of carbonyl (C=O) groups is 1. The zero-order valence-electron chi connectivity index (χ0n) is 11.6. The number of hydrogen-bond acceptors (Lipinski definition) is 4. The van der Waals surface area contributed by atoms with Gasteiger partial charge < -0.3 is 10.5 Å². The van der Waals surface area contributed by atoms with Crippen molar-refractivity contribution in [2.45, 2.75) is 32.9 Å². The van der Waals surface area contributed by atoms with Crippen LogP contribution in [0.2, 0.25) is 0 Å². The first kappa shape index (κ1) is 14.5. The molecular formula is C14H22N2O2. The highest BCUT2D eigenvalue weighted by Crippen LogP contribution is 2.10. The summed E-state index contributed by atoms with van der Waals surface area (Å²) in [5.74, 6) is -0.214. The Kier molecular flexibility index (Phi) is 4.73. The Morgan fingerprint density at radius 3 is 2.61 bits per heavy atom. The van der Waals surface area contributed by atoms with Crippen molar-refractivity contribution < 1.29 is 9.53 Å². The van der Waals surface area contributed by atoms with Crippen molar-refractivity contribution >= 4 is 11.7 Å². The van der Waals surface area contributed by atoms with Gasteiger partial charge in [0.05, 0.1) is 6.54 Å². The predicted molar refractivity (Wildman–Crippen MR) is 73.0 cm³/mol. The second-order valence-electron chi connectivity index (χ2n) is 5.50. The van der Waals surface area contributed by atoms with Crippen molar-refractivity contribution in [3.8, 4) is 0 Å². The summed E-state index contributed by atoms with van der Waals surface area (Å²) in [5, 5.41) is 0. The molecule has 4 nitrogen and oxygen atoms in total. The van der Waals surface area contributed by atoms with Crippen LogP contribution in [0.25, 0.3) is 0 Å². The molecule has 0 spiro atoms. The Bertz CT molecular complexity index is 411. The number of likely N-dealkylation sites (N-methyl/N-ethyl adjacent to an activating group) is 1. The lowest BCUT2D eigenvalue weighted by Gasteiger charge is -2.22. The van der Waals surface area contributed by atoms with Gasteiger partial charge in [-0.3, -0.25) is 9.69 Å². The fourth-order valence-electron chi connectivity index (χ4n) is 1.65. The van der Waals surface area contributed by atoms with Crippen molar-refractivity contribution in [1.82, 2.24) is 4.90 Å². The van der Waals surface area contributed by atoms with Crippen LogP contribution in [0.1, 0.15) is 26.3 Å². The Hall–Kier alpha value is -1.55. The molecule has 0 aliphatic rings. The second-order valence-corrected chi connectivity index (χ2v) is 5.50. The number of nitrogen functional groups attached to an aromatic ring is 1. The zero-order valence-corrected chi connectivity index (χ0v) is 11.6. The molecule has 0 amide bonds. The van der Waals surface area contributed by atoms with Gasteiger partial charge in [0.25, 0.3) is 0 Å². The van der Waals surface area contributed by atoms with E-state index < -0.39 is 5.60 Å². The number of rotatable bonds is 4. The van der Waals surface area contributed by atoms with E-state index >= 15 is 0 Å². The number of nitrogens with zero attached hydrogens (tertiary/aromatic N) is 1. The Morgan fingerprint density at radius 2 is 2.06 bits per heavy atom. The monoisotopic (exact) mass is 250 g/mol. The summed E-state index contributed by atoms with van der Waals surface area (Å²) < 4.78 is 5.26. The molecule has 0 saturated carbocycles. The summed E-state index contributed by atoms with van der Waals surface area (Å²) in [5.41, 5.74) is 7.09. The topological polar surface area (TPSA) is 55.6 Å². The molecule has 0 aromatic heterocycles. The lowest BCUT2D eigenvalue weighted by molar-refractivity contribution is -0.155. The van der Waals surface area contributed by atoms with Crippen molar-refractivity contribution in [2.75, 3.05) is 19.3 Å². The van der Waals surface area contributed by atoms with Gasteiger partial charge in [0.15, 0.2) is 0 Å². The van der Waals surface area contributed by atoms with Crippen LogP contribution >= 0.6 is 0 Å².